The van der Waals surface area contributed by atoms with Crippen molar-refractivity contribution in [2.75, 3.05) is 5.32 Å². The lowest BCUT2D eigenvalue weighted by atomic mass is 10.2. The Bertz CT molecular complexity index is 1010. The summed E-state index contributed by atoms with van der Waals surface area (Å²) in [7, 11) is -4.04. The molecular weight excluding hydrogens is 446 g/mol. The number of ether oxygens (including phenoxy) is 1. The van der Waals surface area contributed by atoms with E-state index in [2.05, 4.69) is 26.0 Å². The van der Waals surface area contributed by atoms with Crippen LogP contribution in [-0.2, 0) is 21.4 Å². The van der Waals surface area contributed by atoms with Gasteiger partial charge in [-0.3, -0.25) is 4.79 Å². The molecule has 0 fully saturated rings. The molecule has 2 aromatic rings. The number of rotatable bonds is 5. The molecule has 1 amide bonds. The van der Waals surface area contributed by atoms with Crippen LogP contribution in [0.2, 0.25) is 0 Å². The minimum atomic E-state index is -4.04. The molecular formula is C17H15BrF2N2O4S. The Balaban J connectivity index is 1.87. The minimum absolute atomic E-state index is 0.00335. The summed E-state index contributed by atoms with van der Waals surface area (Å²) in [5.74, 6) is -1.68. The number of fused-ring (bicyclic) bond motifs is 1. The van der Waals surface area contributed by atoms with Crippen molar-refractivity contribution >= 4 is 37.5 Å². The molecule has 1 heterocycles. The molecule has 1 unspecified atom stereocenters. The fourth-order valence-corrected chi connectivity index (χ4v) is 4.60. The highest BCUT2D eigenvalue weighted by molar-refractivity contribution is 9.10. The SMILES string of the molecule is CCC1Oc2cc(S(=O)(=O)NCc3ccc(F)cc3F)c(Br)cc2NC1=O. The Hall–Kier alpha value is -2.04. The van der Waals surface area contributed by atoms with Crippen LogP contribution in [0.1, 0.15) is 18.9 Å². The summed E-state index contributed by atoms with van der Waals surface area (Å²) in [5.41, 5.74) is 0.351. The summed E-state index contributed by atoms with van der Waals surface area (Å²) >= 11 is 3.16. The van der Waals surface area contributed by atoms with E-state index in [9.17, 15) is 22.0 Å². The number of carbonyl (C=O) groups excluding carboxylic acids is 1. The quantitative estimate of drug-likeness (QED) is 0.716. The predicted octanol–water partition coefficient (Wildman–Crippen LogP) is 3.32. The summed E-state index contributed by atoms with van der Waals surface area (Å²) in [6.45, 7) is 1.41. The van der Waals surface area contributed by atoms with Crippen LogP contribution in [0.25, 0.3) is 0 Å². The van der Waals surface area contributed by atoms with E-state index in [-0.39, 0.29) is 33.1 Å². The molecule has 0 radical (unpaired) electrons. The summed E-state index contributed by atoms with van der Waals surface area (Å²) in [4.78, 5) is 11.7. The summed E-state index contributed by atoms with van der Waals surface area (Å²) in [6, 6.07) is 5.60. The molecule has 0 saturated heterocycles. The number of amides is 1. The Labute approximate surface area is 163 Å². The fourth-order valence-electron chi connectivity index (χ4n) is 2.54. The van der Waals surface area contributed by atoms with Gasteiger partial charge in [0.05, 0.1) is 5.69 Å². The largest absolute Gasteiger partial charge is 0.478 e. The summed E-state index contributed by atoms with van der Waals surface area (Å²) in [6.07, 6.45) is -0.290. The first-order chi connectivity index (χ1) is 12.7. The number of anilines is 1. The maximum absolute atomic E-state index is 13.7. The van der Waals surface area contributed by atoms with Crippen LogP contribution >= 0.6 is 15.9 Å². The van der Waals surface area contributed by atoms with Crippen LogP contribution in [0.4, 0.5) is 14.5 Å². The lowest BCUT2D eigenvalue weighted by Crippen LogP contribution is -2.36. The zero-order chi connectivity index (χ0) is 19.8. The van der Waals surface area contributed by atoms with Crippen LogP contribution in [-0.4, -0.2) is 20.4 Å². The van der Waals surface area contributed by atoms with Crippen LogP contribution < -0.4 is 14.8 Å². The third-order valence-corrected chi connectivity index (χ3v) is 6.34. The molecule has 10 heteroatoms. The third kappa shape index (κ3) is 4.12. The highest BCUT2D eigenvalue weighted by Crippen LogP contribution is 2.37. The van der Waals surface area contributed by atoms with Crippen molar-refractivity contribution in [1.29, 1.82) is 0 Å². The standard InChI is InChI=1S/C17H15BrF2N2O4S/c1-2-14-17(23)22-13-6-11(18)16(7-15(13)26-14)27(24,25)21-8-9-3-4-10(19)5-12(9)20/h3-7,14,21H,2,8H2,1H3,(H,22,23). The molecule has 27 heavy (non-hydrogen) atoms. The molecule has 0 aromatic heterocycles. The van der Waals surface area contributed by atoms with Crippen LogP contribution in [0, 0.1) is 11.6 Å². The highest BCUT2D eigenvalue weighted by Gasteiger charge is 2.29. The minimum Gasteiger partial charge on any atom is -0.478 e. The zero-order valence-electron chi connectivity index (χ0n) is 14.1. The van der Waals surface area contributed by atoms with Gasteiger partial charge in [0.15, 0.2) is 6.10 Å². The first-order valence-corrected chi connectivity index (χ1v) is 10.2. The van der Waals surface area contributed by atoms with Gasteiger partial charge in [0.2, 0.25) is 10.0 Å². The van der Waals surface area contributed by atoms with Gasteiger partial charge < -0.3 is 10.1 Å². The maximum Gasteiger partial charge on any atom is 0.265 e. The molecule has 3 rings (SSSR count). The molecule has 0 spiro atoms. The number of hydrogen-bond acceptors (Lipinski definition) is 4. The molecule has 144 valence electrons. The zero-order valence-corrected chi connectivity index (χ0v) is 16.5. The third-order valence-electron chi connectivity index (χ3n) is 3.98. The molecule has 0 saturated carbocycles. The van der Waals surface area contributed by atoms with E-state index in [0.29, 0.717) is 18.2 Å². The van der Waals surface area contributed by atoms with E-state index in [1.165, 1.54) is 18.2 Å². The van der Waals surface area contributed by atoms with Gasteiger partial charge in [0.25, 0.3) is 5.91 Å². The van der Waals surface area contributed by atoms with Gasteiger partial charge in [-0.1, -0.05) is 13.0 Å². The monoisotopic (exact) mass is 460 g/mol. The van der Waals surface area contributed by atoms with Crippen molar-refractivity contribution in [3.63, 3.8) is 0 Å². The van der Waals surface area contributed by atoms with Crippen molar-refractivity contribution in [2.24, 2.45) is 0 Å². The first-order valence-electron chi connectivity index (χ1n) is 7.96. The van der Waals surface area contributed by atoms with Gasteiger partial charge in [-0.15, -0.1) is 0 Å². The van der Waals surface area contributed by atoms with E-state index < -0.39 is 27.8 Å². The van der Waals surface area contributed by atoms with Crippen molar-refractivity contribution in [1.82, 2.24) is 4.72 Å². The Morgan fingerprint density at radius 2 is 2.00 bits per heavy atom. The van der Waals surface area contributed by atoms with Gasteiger partial charge in [0.1, 0.15) is 22.3 Å². The normalized spacial score (nSPS) is 16.4. The number of halogens is 3. The molecule has 1 atom stereocenters. The fraction of sp³-hybridized carbons (Fsp3) is 0.235. The van der Waals surface area contributed by atoms with Crippen LogP contribution in [0.3, 0.4) is 0 Å². The lowest BCUT2D eigenvalue weighted by molar-refractivity contribution is -0.123. The second kappa shape index (κ2) is 7.53. The molecule has 6 nitrogen and oxygen atoms in total. The first kappa shape index (κ1) is 19.7. The van der Waals surface area contributed by atoms with Crippen molar-refractivity contribution in [2.45, 2.75) is 30.9 Å². The van der Waals surface area contributed by atoms with Crippen molar-refractivity contribution < 1.29 is 26.7 Å². The molecule has 1 aliphatic heterocycles. The lowest BCUT2D eigenvalue weighted by Gasteiger charge is -2.26. The van der Waals surface area contributed by atoms with Crippen LogP contribution in [0.15, 0.2) is 39.7 Å². The van der Waals surface area contributed by atoms with Gasteiger partial charge in [0, 0.05) is 28.7 Å². The van der Waals surface area contributed by atoms with Gasteiger partial charge in [-0.2, -0.15) is 0 Å². The Morgan fingerprint density at radius 3 is 2.67 bits per heavy atom. The number of sulfonamides is 1. The average Bonchev–Trinajstić information content (AvgIpc) is 2.59. The number of benzene rings is 2. The predicted molar refractivity (Wildman–Crippen MR) is 97.9 cm³/mol. The smallest absolute Gasteiger partial charge is 0.265 e. The average molecular weight is 461 g/mol. The van der Waals surface area contributed by atoms with E-state index in [0.717, 1.165) is 6.07 Å². The molecule has 0 aliphatic carbocycles. The van der Waals surface area contributed by atoms with E-state index in [1.807, 2.05) is 0 Å². The summed E-state index contributed by atoms with van der Waals surface area (Å²) in [5, 5.41) is 2.66. The Kier molecular flexibility index (Phi) is 5.50. The van der Waals surface area contributed by atoms with E-state index in [1.54, 1.807) is 6.92 Å². The van der Waals surface area contributed by atoms with Gasteiger partial charge in [-0.25, -0.2) is 21.9 Å². The number of carbonyl (C=O) groups is 1. The maximum atomic E-state index is 13.7. The molecule has 2 aromatic carbocycles. The van der Waals surface area contributed by atoms with Gasteiger partial charge in [-0.05, 0) is 34.5 Å². The molecule has 2 N–H and O–H groups in total. The second-order valence-corrected chi connectivity index (χ2v) is 8.43. The molecule has 0 bridgehead atoms. The van der Waals surface area contributed by atoms with Crippen molar-refractivity contribution in [3.05, 3.63) is 52.0 Å². The van der Waals surface area contributed by atoms with Crippen LogP contribution in [0.5, 0.6) is 5.75 Å². The van der Waals surface area contributed by atoms with Gasteiger partial charge >= 0.3 is 0 Å². The number of hydrogen-bond donors (Lipinski definition) is 2. The second-order valence-electron chi connectivity index (χ2n) is 5.84. The highest BCUT2D eigenvalue weighted by atomic mass is 79.9. The van der Waals surface area contributed by atoms with E-state index in [4.69, 9.17) is 4.74 Å². The van der Waals surface area contributed by atoms with Crippen molar-refractivity contribution in [3.8, 4) is 5.75 Å². The van der Waals surface area contributed by atoms with E-state index >= 15 is 0 Å². The number of nitrogens with one attached hydrogen (secondary N) is 2. The summed E-state index contributed by atoms with van der Waals surface area (Å²) < 4.78 is 59.9. The Morgan fingerprint density at radius 1 is 1.26 bits per heavy atom. The topological polar surface area (TPSA) is 84.5 Å². The molecule has 1 aliphatic rings.